The third kappa shape index (κ3) is 3.33. The molecular formula is C13H14N2O2S2. The van der Waals surface area contributed by atoms with Crippen molar-refractivity contribution in [1.82, 2.24) is 9.36 Å². The van der Waals surface area contributed by atoms with Crippen molar-refractivity contribution in [2.45, 2.75) is 35.9 Å². The predicted octanol–water partition coefficient (Wildman–Crippen LogP) is 3.82. The number of aromatic nitrogens is 2. The molecule has 0 bridgehead atoms. The number of carboxylic acids is 1. The summed E-state index contributed by atoms with van der Waals surface area (Å²) in [4.78, 5) is 16.4. The van der Waals surface area contributed by atoms with Gasteiger partial charge in [0.25, 0.3) is 0 Å². The van der Waals surface area contributed by atoms with Crippen molar-refractivity contribution in [2.24, 2.45) is 0 Å². The zero-order valence-electron chi connectivity index (χ0n) is 10.9. The Kier molecular flexibility index (Phi) is 4.21. The normalized spacial score (nSPS) is 10.9. The fraction of sp³-hybridized carbons (Fsp3) is 0.308. The number of aryl methyl sites for hydroxylation is 1. The molecule has 2 aromatic rings. The van der Waals surface area contributed by atoms with Gasteiger partial charge in [-0.1, -0.05) is 31.7 Å². The summed E-state index contributed by atoms with van der Waals surface area (Å²) in [5.41, 5.74) is 1.09. The van der Waals surface area contributed by atoms with Gasteiger partial charge in [0.15, 0.2) is 4.34 Å². The van der Waals surface area contributed by atoms with E-state index >= 15 is 0 Å². The van der Waals surface area contributed by atoms with Gasteiger partial charge in [0.2, 0.25) is 0 Å². The van der Waals surface area contributed by atoms with Crippen molar-refractivity contribution in [3.8, 4) is 0 Å². The zero-order valence-corrected chi connectivity index (χ0v) is 12.5. The van der Waals surface area contributed by atoms with E-state index < -0.39 is 5.97 Å². The van der Waals surface area contributed by atoms with Crippen LogP contribution in [-0.4, -0.2) is 20.4 Å². The van der Waals surface area contributed by atoms with E-state index in [1.54, 1.807) is 13.0 Å². The van der Waals surface area contributed by atoms with Gasteiger partial charge in [-0.05, 0) is 36.2 Å². The number of nitrogens with zero attached hydrogens (tertiary/aromatic N) is 2. The largest absolute Gasteiger partial charge is 0.478 e. The molecule has 0 aliphatic carbocycles. The van der Waals surface area contributed by atoms with Crippen molar-refractivity contribution < 1.29 is 9.90 Å². The van der Waals surface area contributed by atoms with E-state index in [1.165, 1.54) is 23.3 Å². The summed E-state index contributed by atoms with van der Waals surface area (Å²) in [5.74, 6) is 0.233. The molecule has 1 N–H and O–H groups in total. The smallest absolute Gasteiger partial charge is 0.335 e. The highest BCUT2D eigenvalue weighted by Gasteiger charge is 2.12. The van der Waals surface area contributed by atoms with Gasteiger partial charge in [-0.25, -0.2) is 9.78 Å². The highest BCUT2D eigenvalue weighted by molar-refractivity contribution is 8.01. The first-order valence-corrected chi connectivity index (χ1v) is 7.41. The summed E-state index contributed by atoms with van der Waals surface area (Å²) in [6.07, 6.45) is 0. The molecule has 0 amide bonds. The molecular weight excluding hydrogens is 280 g/mol. The molecule has 0 atom stereocenters. The summed E-state index contributed by atoms with van der Waals surface area (Å²) >= 11 is 2.79. The maximum absolute atomic E-state index is 11.1. The minimum Gasteiger partial charge on any atom is -0.478 e. The van der Waals surface area contributed by atoms with Gasteiger partial charge in [0.05, 0.1) is 5.56 Å². The van der Waals surface area contributed by atoms with Crippen LogP contribution in [0.1, 0.15) is 41.5 Å². The lowest BCUT2D eigenvalue weighted by Crippen LogP contribution is -1.99. The topological polar surface area (TPSA) is 63.1 Å². The number of carbonyl (C=O) groups is 1. The molecule has 1 aromatic carbocycles. The van der Waals surface area contributed by atoms with Gasteiger partial charge in [-0.2, -0.15) is 4.37 Å². The lowest BCUT2D eigenvalue weighted by molar-refractivity contribution is 0.0696. The van der Waals surface area contributed by atoms with Gasteiger partial charge < -0.3 is 5.11 Å². The molecule has 0 radical (unpaired) electrons. The second kappa shape index (κ2) is 5.71. The second-order valence-corrected chi connectivity index (χ2v) is 6.53. The number of hydrogen-bond acceptors (Lipinski definition) is 5. The Morgan fingerprint density at radius 3 is 2.74 bits per heavy atom. The van der Waals surface area contributed by atoms with Gasteiger partial charge in [0.1, 0.15) is 5.82 Å². The van der Waals surface area contributed by atoms with Crippen LogP contribution in [0, 0.1) is 6.92 Å². The highest BCUT2D eigenvalue weighted by Crippen LogP contribution is 2.31. The third-order valence-corrected chi connectivity index (χ3v) is 4.34. The van der Waals surface area contributed by atoms with Crippen LogP contribution in [0.2, 0.25) is 0 Å². The number of benzene rings is 1. The number of aromatic carboxylic acids is 1. The van der Waals surface area contributed by atoms with Gasteiger partial charge in [-0.15, -0.1) is 0 Å². The van der Waals surface area contributed by atoms with Gasteiger partial charge in [0, 0.05) is 10.8 Å². The maximum Gasteiger partial charge on any atom is 0.335 e. The van der Waals surface area contributed by atoms with Crippen LogP contribution in [0.15, 0.2) is 27.4 Å². The molecule has 1 aromatic heterocycles. The molecule has 0 aliphatic rings. The fourth-order valence-corrected chi connectivity index (χ4v) is 3.25. The van der Waals surface area contributed by atoms with E-state index in [1.807, 2.05) is 26.0 Å². The van der Waals surface area contributed by atoms with Crippen LogP contribution in [0.3, 0.4) is 0 Å². The summed E-state index contributed by atoms with van der Waals surface area (Å²) in [6, 6.07) is 5.40. The van der Waals surface area contributed by atoms with Crippen LogP contribution >= 0.6 is 23.3 Å². The standard InChI is InChI=1S/C13H14N2O2S2/c1-7(2)11-14-13(19-15-11)18-9-5-4-8(3)10(6-9)12(16)17/h4-7H,1-3H3,(H,16,17). The molecule has 1 heterocycles. The van der Waals surface area contributed by atoms with Crippen molar-refractivity contribution in [2.75, 3.05) is 0 Å². The first kappa shape index (κ1) is 14.0. The van der Waals surface area contributed by atoms with Crippen molar-refractivity contribution >= 4 is 29.3 Å². The monoisotopic (exact) mass is 294 g/mol. The van der Waals surface area contributed by atoms with E-state index in [-0.39, 0.29) is 0 Å². The molecule has 6 heteroatoms. The van der Waals surface area contributed by atoms with E-state index in [9.17, 15) is 4.79 Å². The lowest BCUT2D eigenvalue weighted by Gasteiger charge is -2.03. The fourth-order valence-electron chi connectivity index (χ4n) is 1.49. The molecule has 0 aliphatic heterocycles. The van der Waals surface area contributed by atoms with Crippen molar-refractivity contribution in [1.29, 1.82) is 0 Å². The minimum absolute atomic E-state index is 0.304. The number of rotatable bonds is 4. The Balaban J connectivity index is 2.23. The van der Waals surface area contributed by atoms with E-state index in [2.05, 4.69) is 9.36 Å². The Bertz CT molecular complexity index is 608. The van der Waals surface area contributed by atoms with Crippen LogP contribution < -0.4 is 0 Å². The van der Waals surface area contributed by atoms with Crippen LogP contribution in [0.25, 0.3) is 0 Å². The van der Waals surface area contributed by atoms with E-state index in [0.717, 1.165) is 20.6 Å². The number of carboxylic acid groups (broad SMARTS) is 1. The first-order chi connectivity index (χ1) is 8.97. The van der Waals surface area contributed by atoms with E-state index in [0.29, 0.717) is 11.5 Å². The zero-order chi connectivity index (χ0) is 14.0. The third-order valence-electron chi connectivity index (χ3n) is 2.58. The molecule has 4 nitrogen and oxygen atoms in total. The quantitative estimate of drug-likeness (QED) is 0.928. The average Bonchev–Trinajstić information content (AvgIpc) is 2.80. The van der Waals surface area contributed by atoms with Crippen molar-refractivity contribution in [3.63, 3.8) is 0 Å². The summed E-state index contributed by atoms with van der Waals surface area (Å²) in [5, 5.41) is 9.10. The molecule has 100 valence electrons. The van der Waals surface area contributed by atoms with Crippen molar-refractivity contribution in [3.05, 3.63) is 35.2 Å². The molecule has 0 spiro atoms. The number of hydrogen-bond donors (Lipinski definition) is 1. The summed E-state index contributed by atoms with van der Waals surface area (Å²) < 4.78 is 5.12. The molecule has 0 saturated carbocycles. The Morgan fingerprint density at radius 2 is 2.16 bits per heavy atom. The first-order valence-electron chi connectivity index (χ1n) is 5.82. The Labute approximate surface area is 120 Å². The molecule has 0 unspecified atom stereocenters. The van der Waals surface area contributed by atoms with Gasteiger partial charge >= 0.3 is 5.97 Å². The van der Waals surface area contributed by atoms with E-state index in [4.69, 9.17) is 5.11 Å². The predicted molar refractivity (Wildman–Crippen MR) is 76.3 cm³/mol. The van der Waals surface area contributed by atoms with Crippen LogP contribution in [0.5, 0.6) is 0 Å². The summed E-state index contributed by atoms with van der Waals surface area (Å²) in [6.45, 7) is 5.88. The SMILES string of the molecule is Cc1ccc(Sc2nc(C(C)C)ns2)cc1C(=O)O. The highest BCUT2D eigenvalue weighted by atomic mass is 32.2. The Morgan fingerprint density at radius 1 is 1.42 bits per heavy atom. The average molecular weight is 294 g/mol. The summed E-state index contributed by atoms with van der Waals surface area (Å²) in [7, 11) is 0. The molecule has 0 fully saturated rings. The van der Waals surface area contributed by atoms with Crippen LogP contribution in [0.4, 0.5) is 0 Å². The second-order valence-electron chi connectivity index (χ2n) is 4.46. The molecule has 0 saturated heterocycles. The molecule has 2 rings (SSSR count). The lowest BCUT2D eigenvalue weighted by atomic mass is 10.1. The molecule has 19 heavy (non-hydrogen) atoms. The Hall–Kier alpha value is -1.40. The maximum atomic E-state index is 11.1. The van der Waals surface area contributed by atoms with Gasteiger partial charge in [-0.3, -0.25) is 0 Å². The minimum atomic E-state index is -0.903. The van der Waals surface area contributed by atoms with Crippen LogP contribution in [-0.2, 0) is 0 Å².